The Bertz CT molecular complexity index is 1330. The summed E-state index contributed by atoms with van der Waals surface area (Å²) in [5.41, 5.74) is 3.54. The number of rotatable bonds is 7. The Kier molecular flexibility index (Phi) is 7.33. The van der Waals surface area contributed by atoms with Gasteiger partial charge in [-0.25, -0.2) is 4.68 Å². The van der Waals surface area contributed by atoms with Gasteiger partial charge in [-0.15, -0.1) is 5.10 Å². The predicted molar refractivity (Wildman–Crippen MR) is 136 cm³/mol. The van der Waals surface area contributed by atoms with Crippen molar-refractivity contribution in [2.75, 3.05) is 12.4 Å². The summed E-state index contributed by atoms with van der Waals surface area (Å²) in [6.45, 7) is 0. The average Bonchev–Trinajstić information content (AvgIpc) is 3.23. The van der Waals surface area contributed by atoms with Crippen molar-refractivity contribution < 1.29 is 9.59 Å². The molecule has 9 heteroatoms. The minimum atomic E-state index is -0.267. The summed E-state index contributed by atoms with van der Waals surface area (Å²) in [6.07, 6.45) is 0. The van der Waals surface area contributed by atoms with Crippen molar-refractivity contribution in [2.45, 2.75) is 10.1 Å². The number of nitrogens with zero attached hydrogens (tertiary/aromatic N) is 2. The van der Waals surface area contributed by atoms with Crippen molar-refractivity contribution in [3.8, 4) is 5.69 Å². The van der Waals surface area contributed by atoms with Gasteiger partial charge in [-0.1, -0.05) is 59.5 Å². The molecule has 0 atom stereocenters. The molecule has 1 aromatic heterocycles. The number of carbonyl (C=O) groups excluding carboxylic acids is 2. The third kappa shape index (κ3) is 5.75. The van der Waals surface area contributed by atoms with Gasteiger partial charge < -0.3 is 10.6 Å². The molecule has 4 aromatic rings. The molecular weight excluding hydrogens is 472 g/mol. The van der Waals surface area contributed by atoms with Crippen molar-refractivity contribution in [3.05, 3.63) is 99.5 Å². The van der Waals surface area contributed by atoms with Crippen molar-refractivity contribution in [3.63, 3.8) is 0 Å². The molecule has 166 valence electrons. The Labute approximate surface area is 204 Å². The smallest absolute Gasteiger partial charge is 0.255 e. The zero-order valence-corrected chi connectivity index (χ0v) is 20.1. The largest absolute Gasteiger partial charge is 0.355 e. The SMILES string of the molecule is CNC(=O)c1cccc(NC(=O)c2ccc(-n3nc(SCc4ccccc4)sc3=S)cc2)c1. The highest BCUT2D eigenvalue weighted by Gasteiger charge is 2.11. The van der Waals surface area contributed by atoms with Crippen LogP contribution in [0.5, 0.6) is 0 Å². The normalized spacial score (nSPS) is 10.6. The first-order chi connectivity index (χ1) is 16.0. The number of thioether (sulfide) groups is 1. The molecule has 0 fully saturated rings. The van der Waals surface area contributed by atoms with Crippen molar-refractivity contribution in [1.29, 1.82) is 0 Å². The number of benzene rings is 3. The van der Waals surface area contributed by atoms with E-state index < -0.39 is 0 Å². The molecule has 6 nitrogen and oxygen atoms in total. The van der Waals surface area contributed by atoms with Crippen LogP contribution >= 0.6 is 35.3 Å². The van der Waals surface area contributed by atoms with E-state index in [4.69, 9.17) is 12.2 Å². The van der Waals surface area contributed by atoms with E-state index in [1.165, 1.54) is 16.9 Å². The van der Waals surface area contributed by atoms with Crippen molar-refractivity contribution >= 4 is 52.8 Å². The van der Waals surface area contributed by atoms with E-state index in [2.05, 4.69) is 27.9 Å². The van der Waals surface area contributed by atoms with Crippen LogP contribution in [0.3, 0.4) is 0 Å². The number of carbonyl (C=O) groups is 2. The fraction of sp³-hybridized carbons (Fsp3) is 0.0833. The maximum absolute atomic E-state index is 12.6. The van der Waals surface area contributed by atoms with Crippen LogP contribution in [-0.2, 0) is 5.75 Å². The van der Waals surface area contributed by atoms with Crippen LogP contribution in [0.15, 0.2) is 83.2 Å². The molecule has 0 spiro atoms. The van der Waals surface area contributed by atoms with Crippen molar-refractivity contribution in [1.82, 2.24) is 15.1 Å². The lowest BCUT2D eigenvalue weighted by molar-refractivity contribution is 0.0961. The zero-order valence-electron chi connectivity index (χ0n) is 17.6. The van der Waals surface area contributed by atoms with E-state index >= 15 is 0 Å². The lowest BCUT2D eigenvalue weighted by Crippen LogP contribution is -2.18. The summed E-state index contributed by atoms with van der Waals surface area (Å²) in [6, 6.07) is 24.1. The van der Waals surface area contributed by atoms with Crippen LogP contribution in [0.4, 0.5) is 5.69 Å². The maximum atomic E-state index is 12.6. The monoisotopic (exact) mass is 492 g/mol. The van der Waals surface area contributed by atoms with E-state index in [9.17, 15) is 9.59 Å². The molecular formula is C24H20N4O2S3. The van der Waals surface area contributed by atoms with Gasteiger partial charge in [0.15, 0.2) is 8.29 Å². The first-order valence-electron chi connectivity index (χ1n) is 10.0. The van der Waals surface area contributed by atoms with Gasteiger partial charge in [-0.05, 0) is 60.2 Å². The molecule has 3 aromatic carbocycles. The van der Waals surface area contributed by atoms with Gasteiger partial charge in [0.1, 0.15) is 0 Å². The summed E-state index contributed by atoms with van der Waals surface area (Å²) in [7, 11) is 1.56. The molecule has 2 N–H and O–H groups in total. The first-order valence-corrected chi connectivity index (χ1v) is 12.3. The van der Waals surface area contributed by atoms with E-state index in [-0.39, 0.29) is 11.8 Å². The standard InChI is InChI=1S/C24H20N4O2S3/c1-25-21(29)18-8-5-9-19(14-18)26-22(30)17-10-12-20(13-11-17)28-24(31)33-23(27-28)32-15-16-6-3-2-4-7-16/h2-14H,15H2,1H3,(H,25,29)(H,26,30). The second kappa shape index (κ2) is 10.6. The van der Waals surface area contributed by atoms with E-state index in [0.717, 1.165) is 15.8 Å². The number of amides is 2. The van der Waals surface area contributed by atoms with Crippen molar-refractivity contribution in [2.24, 2.45) is 0 Å². The van der Waals surface area contributed by atoms with E-state index in [1.807, 2.05) is 30.3 Å². The first kappa shape index (κ1) is 22.9. The molecule has 4 rings (SSSR count). The van der Waals surface area contributed by atoms with Crippen LogP contribution in [0, 0.1) is 3.95 Å². The van der Waals surface area contributed by atoms with Crippen LogP contribution in [0.25, 0.3) is 5.69 Å². The van der Waals surface area contributed by atoms with Crippen LogP contribution in [0.2, 0.25) is 0 Å². The van der Waals surface area contributed by atoms with E-state index in [0.29, 0.717) is 20.8 Å². The van der Waals surface area contributed by atoms with Crippen LogP contribution < -0.4 is 10.6 Å². The van der Waals surface area contributed by atoms with Gasteiger partial charge in [0.25, 0.3) is 11.8 Å². The van der Waals surface area contributed by atoms with Gasteiger partial charge >= 0.3 is 0 Å². The Hall–Kier alpha value is -3.27. The molecule has 2 amide bonds. The third-order valence-corrected chi connectivity index (χ3v) is 7.15. The summed E-state index contributed by atoms with van der Waals surface area (Å²) in [5, 5.41) is 10.0. The Balaban J connectivity index is 1.44. The highest BCUT2D eigenvalue weighted by atomic mass is 32.2. The predicted octanol–water partition coefficient (Wildman–Crippen LogP) is 5.57. The van der Waals surface area contributed by atoms with E-state index in [1.54, 1.807) is 59.9 Å². The van der Waals surface area contributed by atoms with Gasteiger partial charge in [-0.2, -0.15) is 0 Å². The third-order valence-electron chi connectivity index (χ3n) is 4.72. The highest BCUT2D eigenvalue weighted by Crippen LogP contribution is 2.27. The van der Waals surface area contributed by atoms with Gasteiger partial charge in [-0.3, -0.25) is 9.59 Å². The highest BCUT2D eigenvalue weighted by molar-refractivity contribution is 8.00. The fourth-order valence-electron chi connectivity index (χ4n) is 3.04. The minimum absolute atomic E-state index is 0.211. The molecule has 0 saturated heterocycles. The maximum Gasteiger partial charge on any atom is 0.255 e. The second-order valence-corrected chi connectivity index (χ2v) is 9.83. The summed E-state index contributed by atoms with van der Waals surface area (Å²) < 4.78 is 3.25. The number of anilines is 1. The molecule has 0 aliphatic rings. The molecule has 1 heterocycles. The van der Waals surface area contributed by atoms with Crippen LogP contribution in [0.1, 0.15) is 26.3 Å². The molecule has 0 aliphatic carbocycles. The lowest BCUT2D eigenvalue weighted by atomic mass is 10.1. The molecule has 0 unspecified atom stereocenters. The fourth-order valence-corrected chi connectivity index (χ4v) is 5.36. The molecule has 0 bridgehead atoms. The molecule has 0 aliphatic heterocycles. The topological polar surface area (TPSA) is 76.0 Å². The summed E-state index contributed by atoms with van der Waals surface area (Å²) in [5.74, 6) is 0.344. The van der Waals surface area contributed by atoms with Crippen LogP contribution in [-0.4, -0.2) is 28.6 Å². The number of hydrogen-bond acceptors (Lipinski definition) is 6. The van der Waals surface area contributed by atoms with Gasteiger partial charge in [0, 0.05) is 29.6 Å². The molecule has 33 heavy (non-hydrogen) atoms. The quantitative estimate of drug-likeness (QED) is 0.261. The number of aromatic nitrogens is 2. The second-order valence-electron chi connectivity index (χ2n) is 6.98. The number of nitrogens with one attached hydrogen (secondary N) is 2. The van der Waals surface area contributed by atoms with Gasteiger partial charge in [0.05, 0.1) is 5.69 Å². The average molecular weight is 493 g/mol. The Morgan fingerprint density at radius 2 is 1.73 bits per heavy atom. The van der Waals surface area contributed by atoms with Gasteiger partial charge in [0.2, 0.25) is 0 Å². The molecule has 0 radical (unpaired) electrons. The number of hydrogen-bond donors (Lipinski definition) is 2. The Morgan fingerprint density at radius 1 is 0.970 bits per heavy atom. The summed E-state index contributed by atoms with van der Waals surface area (Å²) >= 11 is 8.60. The lowest BCUT2D eigenvalue weighted by Gasteiger charge is -2.08. The zero-order chi connectivity index (χ0) is 23.2. The molecule has 0 saturated carbocycles. The Morgan fingerprint density at radius 3 is 2.45 bits per heavy atom. The minimum Gasteiger partial charge on any atom is -0.355 e. The summed E-state index contributed by atoms with van der Waals surface area (Å²) in [4.78, 5) is 24.4.